The molecule has 2 unspecified atom stereocenters. The molecule has 0 fully saturated rings. The van der Waals surface area contributed by atoms with Gasteiger partial charge in [-0.25, -0.2) is 9.59 Å². The third-order valence-corrected chi connectivity index (χ3v) is 4.43. The first-order chi connectivity index (χ1) is 9.90. The third kappa shape index (κ3) is 6.40. The predicted molar refractivity (Wildman–Crippen MR) is 81.8 cm³/mol. The van der Waals surface area contributed by atoms with Gasteiger partial charge in [-0.2, -0.15) is 0 Å². The van der Waals surface area contributed by atoms with Gasteiger partial charge in [-0.15, -0.1) is 0 Å². The number of amides is 2. The van der Waals surface area contributed by atoms with E-state index in [1.807, 2.05) is 6.92 Å². The summed E-state index contributed by atoms with van der Waals surface area (Å²) < 4.78 is 11.1. The van der Waals surface area contributed by atoms with Crippen molar-refractivity contribution < 1.29 is 18.9 Å². The van der Waals surface area contributed by atoms with Crippen LogP contribution in [0.2, 0.25) is 0 Å². The molecule has 1 aromatic rings. The van der Waals surface area contributed by atoms with Crippen LogP contribution in [0.25, 0.3) is 0 Å². The largest absolute Gasteiger partial charge is 0.478 e. The maximum atomic E-state index is 11.6. The minimum absolute atomic E-state index is 0.0499. The van der Waals surface area contributed by atoms with Crippen molar-refractivity contribution >= 4 is 22.8 Å². The second kappa shape index (κ2) is 8.41. The first-order valence-corrected chi connectivity index (χ1v) is 8.18. The van der Waals surface area contributed by atoms with Crippen molar-refractivity contribution in [2.75, 3.05) is 12.8 Å². The second-order valence-corrected chi connectivity index (χ2v) is 6.51. The van der Waals surface area contributed by atoms with Crippen LogP contribution < -0.4 is 10.6 Å². The van der Waals surface area contributed by atoms with Crippen molar-refractivity contribution in [1.82, 2.24) is 10.6 Å². The van der Waals surface area contributed by atoms with Crippen molar-refractivity contribution in [3.63, 3.8) is 0 Å². The van der Waals surface area contributed by atoms with Gasteiger partial charge >= 0.3 is 12.0 Å². The molecule has 0 saturated heterocycles. The lowest BCUT2D eigenvalue weighted by atomic mass is 10.1. The molecule has 0 bridgehead atoms. The number of hydrogen-bond acceptors (Lipinski definition) is 3. The van der Waals surface area contributed by atoms with Gasteiger partial charge in [0.2, 0.25) is 0 Å². The van der Waals surface area contributed by atoms with Crippen molar-refractivity contribution in [1.29, 1.82) is 0 Å². The topological polar surface area (TPSA) is 95.5 Å². The average Bonchev–Trinajstić information content (AvgIpc) is 2.45. The maximum absolute atomic E-state index is 11.6. The maximum Gasteiger partial charge on any atom is 0.335 e. The monoisotopic (exact) mass is 312 g/mol. The molecule has 0 aliphatic carbocycles. The van der Waals surface area contributed by atoms with Gasteiger partial charge in [0.05, 0.1) is 5.56 Å². The van der Waals surface area contributed by atoms with Crippen LogP contribution >= 0.6 is 0 Å². The molecule has 0 aromatic heterocycles. The van der Waals surface area contributed by atoms with E-state index in [-0.39, 0.29) is 16.8 Å². The Kier molecular flexibility index (Phi) is 6.87. The molecule has 7 heteroatoms. The van der Waals surface area contributed by atoms with Gasteiger partial charge in [-0.05, 0) is 24.1 Å². The number of hydrogen-bond donors (Lipinski definition) is 3. The van der Waals surface area contributed by atoms with Crippen LogP contribution in [0.4, 0.5) is 4.79 Å². The molecule has 21 heavy (non-hydrogen) atoms. The lowest BCUT2D eigenvalue weighted by molar-refractivity contribution is 0.0697. The number of rotatable bonds is 7. The highest BCUT2D eigenvalue weighted by atomic mass is 32.2. The van der Waals surface area contributed by atoms with E-state index in [0.717, 1.165) is 5.56 Å². The van der Waals surface area contributed by atoms with Gasteiger partial charge in [0, 0.05) is 35.4 Å². The van der Waals surface area contributed by atoms with Crippen LogP contribution in [0.5, 0.6) is 0 Å². The minimum Gasteiger partial charge on any atom is -0.478 e. The zero-order valence-electron chi connectivity index (χ0n) is 12.1. The summed E-state index contributed by atoms with van der Waals surface area (Å²) in [7, 11) is -0.884. The van der Waals surface area contributed by atoms with E-state index in [4.69, 9.17) is 5.11 Å². The molecule has 3 N–H and O–H groups in total. The molecule has 1 aromatic carbocycles. The van der Waals surface area contributed by atoms with Crippen molar-refractivity contribution in [3.05, 3.63) is 35.4 Å². The van der Waals surface area contributed by atoms with E-state index >= 15 is 0 Å². The Morgan fingerprint density at radius 2 is 1.86 bits per heavy atom. The number of carbonyl (C=O) groups excluding carboxylic acids is 1. The highest BCUT2D eigenvalue weighted by Crippen LogP contribution is 2.04. The SMILES string of the molecule is CC(CCNC(=O)NCc1ccc(C(=O)O)cc1)S(C)=O. The molecule has 2 amide bonds. The van der Waals surface area contributed by atoms with Gasteiger partial charge in [0.15, 0.2) is 0 Å². The number of carboxylic acids is 1. The van der Waals surface area contributed by atoms with Crippen LogP contribution in [0.15, 0.2) is 24.3 Å². The van der Waals surface area contributed by atoms with E-state index in [9.17, 15) is 13.8 Å². The average molecular weight is 312 g/mol. The number of benzene rings is 1. The van der Waals surface area contributed by atoms with E-state index in [2.05, 4.69) is 10.6 Å². The number of carboxylic acid groups (broad SMARTS) is 1. The summed E-state index contributed by atoms with van der Waals surface area (Å²) >= 11 is 0. The summed E-state index contributed by atoms with van der Waals surface area (Å²) in [5, 5.41) is 14.2. The van der Waals surface area contributed by atoms with Crippen molar-refractivity contribution in [2.45, 2.75) is 25.1 Å². The van der Waals surface area contributed by atoms with E-state index in [1.165, 1.54) is 12.1 Å². The summed E-state index contributed by atoms with van der Waals surface area (Å²) in [6.45, 7) is 2.66. The van der Waals surface area contributed by atoms with E-state index in [0.29, 0.717) is 19.5 Å². The van der Waals surface area contributed by atoms with Gasteiger partial charge < -0.3 is 15.7 Å². The van der Waals surface area contributed by atoms with Crippen LogP contribution in [-0.4, -0.2) is 39.4 Å². The molecule has 0 heterocycles. The smallest absolute Gasteiger partial charge is 0.335 e. The van der Waals surface area contributed by atoms with E-state index in [1.54, 1.807) is 18.4 Å². The molecule has 0 spiro atoms. The minimum atomic E-state index is -0.977. The predicted octanol–water partition coefficient (Wildman–Crippen LogP) is 1.34. The summed E-state index contributed by atoms with van der Waals surface area (Å²) in [4.78, 5) is 22.2. The highest BCUT2D eigenvalue weighted by molar-refractivity contribution is 7.84. The second-order valence-electron chi connectivity index (χ2n) is 4.71. The van der Waals surface area contributed by atoms with Crippen LogP contribution in [0.3, 0.4) is 0 Å². The van der Waals surface area contributed by atoms with Gasteiger partial charge in [-0.3, -0.25) is 4.21 Å². The highest BCUT2D eigenvalue weighted by Gasteiger charge is 2.07. The van der Waals surface area contributed by atoms with Crippen molar-refractivity contribution in [3.8, 4) is 0 Å². The van der Waals surface area contributed by atoms with Gasteiger partial charge in [0.1, 0.15) is 0 Å². The first-order valence-electron chi connectivity index (χ1n) is 6.56. The van der Waals surface area contributed by atoms with Crippen molar-refractivity contribution in [2.24, 2.45) is 0 Å². The summed E-state index contributed by atoms with van der Waals surface area (Å²) in [5.74, 6) is -0.977. The quantitative estimate of drug-likeness (QED) is 0.708. The fourth-order valence-electron chi connectivity index (χ4n) is 1.56. The molecule has 116 valence electrons. The number of carbonyl (C=O) groups is 2. The number of aromatic carboxylic acids is 1. The fraction of sp³-hybridized carbons (Fsp3) is 0.429. The molecule has 0 aliphatic rings. The molecule has 0 saturated carbocycles. The van der Waals surface area contributed by atoms with E-state index < -0.39 is 16.8 Å². The first kappa shape index (κ1) is 17.2. The zero-order chi connectivity index (χ0) is 15.8. The molecule has 0 radical (unpaired) electrons. The molecule has 2 atom stereocenters. The fourth-order valence-corrected chi connectivity index (χ4v) is 2.01. The summed E-state index contributed by atoms with van der Waals surface area (Å²) in [5.41, 5.74) is 1.03. The zero-order valence-corrected chi connectivity index (χ0v) is 12.9. The molecular weight excluding hydrogens is 292 g/mol. The normalized spacial score (nSPS) is 13.2. The number of urea groups is 1. The number of nitrogens with one attached hydrogen (secondary N) is 2. The Labute approximate surface area is 126 Å². The standard InChI is InChI=1S/C14H20N2O4S/c1-10(21(2)20)7-8-15-14(19)16-9-11-3-5-12(6-4-11)13(17)18/h3-6,10H,7-9H2,1-2H3,(H,17,18)(H2,15,16,19). The summed E-state index contributed by atoms with van der Waals surface area (Å²) in [6.07, 6.45) is 2.30. The Morgan fingerprint density at radius 3 is 2.38 bits per heavy atom. The molecule has 6 nitrogen and oxygen atoms in total. The lowest BCUT2D eigenvalue weighted by Gasteiger charge is -2.10. The summed E-state index contributed by atoms with van der Waals surface area (Å²) in [6, 6.07) is 6.01. The van der Waals surface area contributed by atoms with Gasteiger partial charge in [-0.1, -0.05) is 19.1 Å². The Hall–Kier alpha value is -1.89. The molecule has 0 aliphatic heterocycles. The van der Waals surface area contributed by atoms with Crippen LogP contribution in [0.1, 0.15) is 29.3 Å². The Morgan fingerprint density at radius 1 is 1.24 bits per heavy atom. The molecule has 1 rings (SSSR count). The third-order valence-electron chi connectivity index (χ3n) is 3.06. The Bertz CT molecular complexity index is 516. The molecular formula is C14H20N2O4S. The van der Waals surface area contributed by atoms with Crippen LogP contribution in [-0.2, 0) is 17.3 Å². The van der Waals surface area contributed by atoms with Gasteiger partial charge in [0.25, 0.3) is 0 Å². The lowest BCUT2D eigenvalue weighted by Crippen LogP contribution is -2.36. The van der Waals surface area contributed by atoms with Crippen LogP contribution in [0, 0.1) is 0 Å². The Balaban J connectivity index is 2.29.